The van der Waals surface area contributed by atoms with Crippen LogP contribution in [0.1, 0.15) is 24.2 Å². The molecule has 0 saturated carbocycles. The van der Waals surface area contributed by atoms with Gasteiger partial charge in [-0.25, -0.2) is 0 Å². The summed E-state index contributed by atoms with van der Waals surface area (Å²) in [5, 5.41) is 9.43. The van der Waals surface area contributed by atoms with Gasteiger partial charge in [0.05, 0.1) is 29.9 Å². The van der Waals surface area contributed by atoms with Crippen molar-refractivity contribution in [2.75, 3.05) is 25.5 Å². The highest BCUT2D eigenvalue weighted by molar-refractivity contribution is 6.34. The maximum absolute atomic E-state index is 12.1. The van der Waals surface area contributed by atoms with E-state index in [4.69, 9.17) is 16.3 Å². The molecule has 0 spiro atoms. The Balaban J connectivity index is 2.28. The monoisotopic (exact) mass is 310 g/mol. The average molecular weight is 311 g/mol. The Labute approximate surface area is 128 Å². The number of carbonyl (C=O) groups excluding carboxylic acids is 1. The maximum Gasteiger partial charge on any atom is 0.255 e. The third kappa shape index (κ3) is 3.78. The second kappa shape index (κ2) is 6.67. The molecule has 1 aliphatic heterocycles. The van der Waals surface area contributed by atoms with Crippen LogP contribution in [0, 0.1) is 0 Å². The Bertz CT molecular complexity index is 572. The van der Waals surface area contributed by atoms with Gasteiger partial charge in [0.2, 0.25) is 0 Å². The molecule has 0 unspecified atom stereocenters. The smallest absolute Gasteiger partial charge is 0.255 e. The van der Waals surface area contributed by atoms with E-state index >= 15 is 0 Å². The first-order valence-electron chi connectivity index (χ1n) is 6.75. The highest BCUT2D eigenvalue weighted by Gasteiger charge is 2.17. The molecule has 0 bridgehead atoms. The lowest BCUT2D eigenvalue weighted by Gasteiger charge is -2.15. The van der Waals surface area contributed by atoms with Gasteiger partial charge in [0, 0.05) is 18.7 Å². The van der Waals surface area contributed by atoms with Crippen LogP contribution in [0.25, 0.3) is 0 Å². The van der Waals surface area contributed by atoms with E-state index in [1.807, 2.05) is 13.8 Å². The van der Waals surface area contributed by atoms with Gasteiger partial charge in [-0.3, -0.25) is 9.79 Å². The fraction of sp³-hybridized carbons (Fsp3) is 0.429. The number of ether oxygens (including phenoxy) is 1. The molecule has 0 aliphatic carbocycles. The van der Waals surface area contributed by atoms with Gasteiger partial charge in [-0.15, -0.1) is 0 Å². The lowest BCUT2D eigenvalue weighted by molar-refractivity contribution is 0.0940. The molecule has 1 aliphatic rings. The van der Waals surface area contributed by atoms with Crippen LogP contribution < -0.4 is 20.7 Å². The van der Waals surface area contributed by atoms with Gasteiger partial charge < -0.3 is 20.7 Å². The van der Waals surface area contributed by atoms with Crippen LogP contribution in [-0.2, 0) is 0 Å². The van der Waals surface area contributed by atoms with Crippen LogP contribution in [0.4, 0.5) is 5.69 Å². The largest absolute Gasteiger partial charge is 0.496 e. The van der Waals surface area contributed by atoms with Gasteiger partial charge in [0.1, 0.15) is 5.75 Å². The second-order valence-electron chi connectivity index (χ2n) is 4.94. The molecule has 1 aromatic carbocycles. The van der Waals surface area contributed by atoms with Crippen LogP contribution >= 0.6 is 11.6 Å². The molecule has 0 saturated heterocycles. The highest BCUT2D eigenvalue weighted by atomic mass is 35.5. The number of anilines is 1. The van der Waals surface area contributed by atoms with Crippen molar-refractivity contribution < 1.29 is 9.53 Å². The van der Waals surface area contributed by atoms with Crippen molar-refractivity contribution in [1.82, 2.24) is 10.6 Å². The van der Waals surface area contributed by atoms with Crippen molar-refractivity contribution in [3.63, 3.8) is 0 Å². The highest BCUT2D eigenvalue weighted by Crippen LogP contribution is 2.31. The minimum atomic E-state index is -0.216. The molecule has 3 N–H and O–H groups in total. The molecular formula is C14H19ClN4O2. The molecule has 0 radical (unpaired) electrons. The number of hydrogen-bond acceptors (Lipinski definition) is 5. The lowest BCUT2D eigenvalue weighted by Crippen LogP contribution is -2.30. The number of guanidine groups is 1. The van der Waals surface area contributed by atoms with Gasteiger partial charge in [0.25, 0.3) is 5.91 Å². The zero-order valence-electron chi connectivity index (χ0n) is 12.3. The number of benzene rings is 1. The number of carbonyl (C=O) groups is 1. The van der Waals surface area contributed by atoms with E-state index in [1.165, 1.54) is 7.11 Å². The van der Waals surface area contributed by atoms with E-state index in [0.29, 0.717) is 28.0 Å². The molecule has 114 valence electrons. The molecule has 0 atom stereocenters. The number of nitrogens with one attached hydrogen (secondary N) is 3. The first-order valence-corrected chi connectivity index (χ1v) is 7.12. The molecule has 6 nitrogen and oxygen atoms in total. The summed E-state index contributed by atoms with van der Waals surface area (Å²) in [7, 11) is 1.52. The molecule has 0 aromatic heterocycles. The minimum absolute atomic E-state index is 0.0378. The first-order chi connectivity index (χ1) is 10.0. The van der Waals surface area contributed by atoms with Gasteiger partial charge in [-0.2, -0.15) is 0 Å². The van der Waals surface area contributed by atoms with Gasteiger partial charge >= 0.3 is 0 Å². The second-order valence-corrected chi connectivity index (χ2v) is 5.35. The lowest BCUT2D eigenvalue weighted by atomic mass is 10.1. The molecule has 0 fully saturated rings. The number of aliphatic imine (C=N–C) groups is 1. The fourth-order valence-electron chi connectivity index (χ4n) is 1.94. The van der Waals surface area contributed by atoms with E-state index in [0.717, 1.165) is 13.1 Å². The SMILES string of the molecule is COc1cc(NC2=NCCN2)c(Cl)cc1C(=O)NC(C)C. The third-order valence-corrected chi connectivity index (χ3v) is 3.19. The van der Waals surface area contributed by atoms with Crippen molar-refractivity contribution in [3.05, 3.63) is 22.7 Å². The Kier molecular flexibility index (Phi) is 4.90. The van der Waals surface area contributed by atoms with Gasteiger partial charge in [0.15, 0.2) is 5.96 Å². The van der Waals surface area contributed by atoms with Crippen LogP contribution in [0.15, 0.2) is 17.1 Å². The Morgan fingerprint density at radius 2 is 2.24 bits per heavy atom. The van der Waals surface area contributed by atoms with Crippen LogP contribution in [0.5, 0.6) is 5.75 Å². The Morgan fingerprint density at radius 3 is 2.81 bits per heavy atom. The third-order valence-electron chi connectivity index (χ3n) is 2.88. The molecular weight excluding hydrogens is 292 g/mol. The Hall–Kier alpha value is -1.95. The number of hydrogen-bond donors (Lipinski definition) is 3. The van der Waals surface area contributed by atoms with Crippen molar-refractivity contribution >= 4 is 29.2 Å². The van der Waals surface area contributed by atoms with Crippen molar-refractivity contribution in [2.45, 2.75) is 19.9 Å². The average Bonchev–Trinajstić information content (AvgIpc) is 2.92. The molecule has 1 amide bonds. The quantitative estimate of drug-likeness (QED) is 0.793. The van der Waals surface area contributed by atoms with E-state index < -0.39 is 0 Å². The molecule has 1 heterocycles. The summed E-state index contributed by atoms with van der Waals surface area (Å²) in [4.78, 5) is 16.4. The Morgan fingerprint density at radius 1 is 1.48 bits per heavy atom. The number of rotatable bonds is 4. The zero-order chi connectivity index (χ0) is 15.4. The summed E-state index contributed by atoms with van der Waals surface area (Å²) in [6.45, 7) is 5.32. The number of methoxy groups -OCH3 is 1. The molecule has 7 heteroatoms. The normalized spacial score (nSPS) is 13.7. The molecule has 1 aromatic rings. The number of amides is 1. The number of halogens is 1. The summed E-state index contributed by atoms with van der Waals surface area (Å²) in [6.07, 6.45) is 0. The minimum Gasteiger partial charge on any atom is -0.496 e. The summed E-state index contributed by atoms with van der Waals surface area (Å²) < 4.78 is 5.29. The predicted molar refractivity (Wildman–Crippen MR) is 84.5 cm³/mol. The summed E-state index contributed by atoms with van der Waals surface area (Å²) in [6, 6.07) is 3.33. The standard InChI is InChI=1S/C14H19ClN4O2/c1-8(2)18-13(20)9-6-10(15)11(7-12(9)21-3)19-14-16-4-5-17-14/h6-8H,4-5H2,1-3H3,(H,18,20)(H2,16,17,19). The van der Waals surface area contributed by atoms with E-state index in [9.17, 15) is 4.79 Å². The zero-order valence-corrected chi connectivity index (χ0v) is 13.0. The van der Waals surface area contributed by atoms with Crippen molar-refractivity contribution in [2.24, 2.45) is 4.99 Å². The fourth-order valence-corrected chi connectivity index (χ4v) is 2.16. The van der Waals surface area contributed by atoms with Crippen molar-refractivity contribution in [3.8, 4) is 5.75 Å². The topological polar surface area (TPSA) is 74.8 Å². The van der Waals surface area contributed by atoms with Crippen LogP contribution in [-0.4, -0.2) is 38.1 Å². The first kappa shape index (κ1) is 15.4. The maximum atomic E-state index is 12.1. The van der Waals surface area contributed by atoms with E-state index in [1.54, 1.807) is 12.1 Å². The summed E-state index contributed by atoms with van der Waals surface area (Å²) >= 11 is 6.24. The van der Waals surface area contributed by atoms with Crippen LogP contribution in [0.3, 0.4) is 0 Å². The summed E-state index contributed by atoms with van der Waals surface area (Å²) in [5.41, 5.74) is 1.05. The van der Waals surface area contributed by atoms with Gasteiger partial charge in [-0.1, -0.05) is 11.6 Å². The molecule has 2 rings (SSSR count). The summed E-state index contributed by atoms with van der Waals surface area (Å²) in [5.74, 6) is 0.906. The van der Waals surface area contributed by atoms with E-state index in [2.05, 4.69) is 20.9 Å². The molecule has 21 heavy (non-hydrogen) atoms. The number of nitrogens with zero attached hydrogens (tertiary/aromatic N) is 1. The van der Waals surface area contributed by atoms with Crippen LogP contribution in [0.2, 0.25) is 5.02 Å². The predicted octanol–water partition coefficient (Wildman–Crippen LogP) is 1.86. The van der Waals surface area contributed by atoms with Crippen molar-refractivity contribution in [1.29, 1.82) is 0 Å². The van der Waals surface area contributed by atoms with E-state index in [-0.39, 0.29) is 11.9 Å². The van der Waals surface area contributed by atoms with Gasteiger partial charge in [-0.05, 0) is 19.9 Å².